The molecule has 9 nitrogen and oxygen atoms in total. The molecule has 0 spiro atoms. The predicted octanol–water partition coefficient (Wildman–Crippen LogP) is 3.90. The average molecular weight is 571 g/mol. The van der Waals surface area contributed by atoms with E-state index < -0.39 is 41.0 Å². The topological polar surface area (TPSA) is 118 Å². The molecular weight excluding hydrogens is 544 g/mol. The number of benzene rings is 1. The van der Waals surface area contributed by atoms with Crippen molar-refractivity contribution < 1.29 is 32.3 Å². The van der Waals surface area contributed by atoms with Crippen molar-refractivity contribution in [2.45, 2.75) is 43.8 Å². The van der Waals surface area contributed by atoms with Crippen molar-refractivity contribution >= 4 is 17.6 Å². The van der Waals surface area contributed by atoms with Gasteiger partial charge in [0.2, 0.25) is 5.91 Å². The van der Waals surface area contributed by atoms with Gasteiger partial charge >= 0.3 is 6.18 Å². The number of phenols is 1. The molecule has 6 rings (SSSR count). The monoisotopic (exact) mass is 570 g/mol. The molecule has 214 valence electrons. The molecule has 0 bridgehead atoms. The summed E-state index contributed by atoms with van der Waals surface area (Å²) in [5.74, 6) is -3.13. The van der Waals surface area contributed by atoms with Gasteiger partial charge in [-0.25, -0.2) is 14.1 Å². The van der Waals surface area contributed by atoms with Crippen molar-refractivity contribution in [1.29, 1.82) is 0 Å². The maximum Gasteiger partial charge on any atom is 0.436 e. The van der Waals surface area contributed by atoms with E-state index in [9.17, 15) is 32.3 Å². The van der Waals surface area contributed by atoms with Crippen LogP contribution in [0.3, 0.4) is 0 Å². The highest BCUT2D eigenvalue weighted by atomic mass is 19.4. The second-order valence-electron chi connectivity index (χ2n) is 10.5. The van der Waals surface area contributed by atoms with Gasteiger partial charge in [-0.1, -0.05) is 12.6 Å². The van der Waals surface area contributed by atoms with Crippen LogP contribution in [0.15, 0.2) is 36.9 Å². The Morgan fingerprint density at radius 2 is 1.90 bits per heavy atom. The Labute approximate surface area is 231 Å². The van der Waals surface area contributed by atoms with Crippen LogP contribution >= 0.6 is 0 Å². The van der Waals surface area contributed by atoms with E-state index in [4.69, 9.17) is 10.8 Å². The summed E-state index contributed by atoms with van der Waals surface area (Å²) in [5.41, 5.74) is 6.98. The molecule has 41 heavy (non-hydrogen) atoms. The van der Waals surface area contributed by atoms with Crippen LogP contribution in [0.2, 0.25) is 0 Å². The Balaban J connectivity index is 1.42. The van der Waals surface area contributed by atoms with Gasteiger partial charge in [-0.3, -0.25) is 9.59 Å². The zero-order chi connectivity index (χ0) is 29.2. The molecule has 3 aliphatic rings. The van der Waals surface area contributed by atoms with E-state index in [-0.39, 0.29) is 37.7 Å². The third-order valence-electron chi connectivity index (χ3n) is 7.94. The van der Waals surface area contributed by atoms with Crippen molar-refractivity contribution in [2.75, 3.05) is 25.4 Å². The van der Waals surface area contributed by atoms with Crippen LogP contribution in [0.4, 0.5) is 23.4 Å². The summed E-state index contributed by atoms with van der Waals surface area (Å²) >= 11 is 0. The number of nitrogens with zero attached hydrogens (tertiary/aromatic N) is 5. The minimum absolute atomic E-state index is 0.0470. The Kier molecular flexibility index (Phi) is 6.27. The number of phenolic OH excluding ortho intramolecular Hbond substituents is 1. The smallest absolute Gasteiger partial charge is 0.436 e. The summed E-state index contributed by atoms with van der Waals surface area (Å²) in [6, 6.07) is 5.20. The number of aromatic nitrogens is 3. The number of pyridine rings is 1. The molecule has 2 aliphatic heterocycles. The number of aromatic hydroxyl groups is 1. The number of anilines is 1. The SMILES string of the molecule is C=CC(=O)N1CCc2nn(-c3ccc(C4CC4)cc3O)c3c2C(C1)N(C(=O)c1cc(F)c(C(F)(F)F)nc1N)CC3. The number of hydrogen-bond acceptors (Lipinski definition) is 6. The molecule has 3 aromatic rings. The van der Waals surface area contributed by atoms with E-state index in [1.165, 1.54) is 9.80 Å². The van der Waals surface area contributed by atoms with Gasteiger partial charge in [0.1, 0.15) is 17.3 Å². The van der Waals surface area contributed by atoms with Crippen molar-refractivity contribution in [3.63, 3.8) is 0 Å². The highest BCUT2D eigenvalue weighted by Gasteiger charge is 2.42. The molecule has 13 heteroatoms. The number of halogens is 4. The number of carbonyl (C=O) groups is 2. The van der Waals surface area contributed by atoms with Gasteiger partial charge < -0.3 is 20.6 Å². The molecule has 0 saturated heterocycles. The van der Waals surface area contributed by atoms with E-state index >= 15 is 0 Å². The lowest BCUT2D eigenvalue weighted by atomic mass is 9.94. The van der Waals surface area contributed by atoms with Gasteiger partial charge in [-0.05, 0) is 48.6 Å². The molecule has 1 atom stereocenters. The van der Waals surface area contributed by atoms with Gasteiger partial charge in [0.15, 0.2) is 11.5 Å². The van der Waals surface area contributed by atoms with Crippen LogP contribution in [-0.4, -0.2) is 61.1 Å². The Morgan fingerprint density at radius 1 is 1.15 bits per heavy atom. The predicted molar refractivity (Wildman–Crippen MR) is 139 cm³/mol. The fraction of sp³-hybridized carbons (Fsp3) is 0.357. The number of carbonyl (C=O) groups excluding carboxylic acids is 2. The highest BCUT2D eigenvalue weighted by molar-refractivity contribution is 5.99. The largest absolute Gasteiger partial charge is 0.506 e. The second-order valence-corrected chi connectivity index (χ2v) is 10.5. The first-order valence-corrected chi connectivity index (χ1v) is 13.2. The number of hydrogen-bond donors (Lipinski definition) is 2. The quantitative estimate of drug-likeness (QED) is 0.363. The van der Waals surface area contributed by atoms with Crippen LogP contribution in [-0.2, 0) is 23.8 Å². The Morgan fingerprint density at radius 3 is 2.56 bits per heavy atom. The lowest BCUT2D eigenvalue weighted by Crippen LogP contribution is -2.46. The summed E-state index contributed by atoms with van der Waals surface area (Å²) in [6.07, 6.45) is -1.14. The number of rotatable bonds is 4. The third kappa shape index (κ3) is 4.58. The van der Waals surface area contributed by atoms with Gasteiger partial charge in [-0.2, -0.15) is 18.3 Å². The van der Waals surface area contributed by atoms with E-state index in [2.05, 4.69) is 11.6 Å². The minimum atomic E-state index is -5.08. The normalized spacial score (nSPS) is 18.6. The Hall–Kier alpha value is -4.42. The average Bonchev–Trinajstić information content (AvgIpc) is 3.74. The van der Waals surface area contributed by atoms with Crippen LogP contribution in [0.25, 0.3) is 5.69 Å². The summed E-state index contributed by atoms with van der Waals surface area (Å²) in [4.78, 5) is 32.4. The molecule has 4 heterocycles. The van der Waals surface area contributed by atoms with E-state index in [1.807, 2.05) is 12.1 Å². The Bertz CT molecular complexity index is 1600. The molecule has 3 N–H and O–H groups in total. The first-order chi connectivity index (χ1) is 19.5. The van der Waals surface area contributed by atoms with Crippen LogP contribution < -0.4 is 5.73 Å². The maximum absolute atomic E-state index is 14.4. The molecule has 2 amide bonds. The molecule has 1 aliphatic carbocycles. The molecule has 1 fully saturated rings. The zero-order valence-electron chi connectivity index (χ0n) is 21.8. The second kappa shape index (κ2) is 9.60. The molecular formula is C28H26F4N6O3. The summed E-state index contributed by atoms with van der Waals surface area (Å²) in [7, 11) is 0. The molecule has 0 radical (unpaired) electrons. The van der Waals surface area contributed by atoms with E-state index in [1.54, 1.807) is 10.7 Å². The van der Waals surface area contributed by atoms with Crippen molar-refractivity contribution in [1.82, 2.24) is 24.6 Å². The van der Waals surface area contributed by atoms with Gasteiger partial charge in [-0.15, -0.1) is 0 Å². The standard InChI is InChI=1S/C28H26F4N6O3/c1-2-23(40)36-9-7-18-24-20(38(35-18)19-6-5-15(11-22(19)39)14-3-4-14)8-10-37(21(24)13-36)27(41)16-12-17(29)25(28(30,31)32)34-26(16)33/h2,5-6,11-12,14,21,39H,1,3-4,7-10,13H2,(H2,33,34). The van der Waals surface area contributed by atoms with Crippen LogP contribution in [0.1, 0.15) is 63.4 Å². The number of amides is 2. The fourth-order valence-electron chi connectivity index (χ4n) is 5.78. The highest BCUT2D eigenvalue weighted by Crippen LogP contribution is 2.43. The molecule has 2 aromatic heterocycles. The van der Waals surface area contributed by atoms with Gasteiger partial charge in [0, 0.05) is 38.0 Å². The lowest BCUT2D eigenvalue weighted by Gasteiger charge is -2.38. The molecule has 1 aromatic carbocycles. The van der Waals surface area contributed by atoms with Crippen molar-refractivity contribution in [3.05, 3.63) is 76.5 Å². The fourth-order valence-corrected chi connectivity index (χ4v) is 5.78. The first-order valence-electron chi connectivity index (χ1n) is 13.2. The number of nitrogen functional groups attached to an aromatic ring is 1. The van der Waals surface area contributed by atoms with Crippen molar-refractivity contribution in [2.24, 2.45) is 0 Å². The number of nitrogens with two attached hydrogens (primary N) is 1. The summed E-state index contributed by atoms with van der Waals surface area (Å²) in [5, 5.41) is 15.7. The number of alkyl halides is 3. The van der Waals surface area contributed by atoms with Gasteiger partial charge in [0.05, 0.1) is 23.0 Å². The summed E-state index contributed by atoms with van der Waals surface area (Å²) < 4.78 is 55.6. The first kappa shape index (κ1) is 26.8. The maximum atomic E-state index is 14.4. The third-order valence-corrected chi connectivity index (χ3v) is 7.94. The summed E-state index contributed by atoms with van der Waals surface area (Å²) in [6.45, 7) is 3.94. The minimum Gasteiger partial charge on any atom is -0.506 e. The molecule has 1 saturated carbocycles. The zero-order valence-corrected chi connectivity index (χ0v) is 21.8. The van der Waals surface area contributed by atoms with E-state index in [0.717, 1.165) is 30.2 Å². The van der Waals surface area contributed by atoms with E-state index in [0.29, 0.717) is 35.3 Å². The van der Waals surface area contributed by atoms with Crippen LogP contribution in [0, 0.1) is 5.82 Å². The van der Waals surface area contributed by atoms with Gasteiger partial charge in [0.25, 0.3) is 5.91 Å². The lowest BCUT2D eigenvalue weighted by molar-refractivity contribution is -0.143. The van der Waals surface area contributed by atoms with Crippen molar-refractivity contribution in [3.8, 4) is 11.4 Å². The van der Waals surface area contributed by atoms with Crippen LogP contribution in [0.5, 0.6) is 5.75 Å². The molecule has 1 unspecified atom stereocenters.